The van der Waals surface area contributed by atoms with Gasteiger partial charge in [0.1, 0.15) is 35.0 Å². The quantitative estimate of drug-likeness (QED) is 0.348. The number of benzene rings is 2. The molecule has 0 saturated carbocycles. The fraction of sp³-hybridized carbons (Fsp3) is 0.214. The van der Waals surface area contributed by atoms with Crippen LogP contribution in [-0.2, 0) is 0 Å². The summed E-state index contributed by atoms with van der Waals surface area (Å²) in [5, 5.41) is 19.4. The fourth-order valence-electron chi connectivity index (χ4n) is 5.31. The van der Waals surface area contributed by atoms with E-state index in [0.717, 1.165) is 23.7 Å². The molecule has 1 aliphatic heterocycles. The molecule has 6 rings (SSSR count). The molecule has 1 aliphatic rings. The lowest BCUT2D eigenvalue weighted by molar-refractivity contribution is 0.0889. The third-order valence-electron chi connectivity index (χ3n) is 7.01. The summed E-state index contributed by atoms with van der Waals surface area (Å²) in [5.41, 5.74) is 2.76. The Morgan fingerprint density at radius 3 is 2.80 bits per heavy atom. The minimum absolute atomic E-state index is 0.196. The lowest BCUT2D eigenvalue weighted by Crippen LogP contribution is -2.50. The number of likely N-dealkylation sites (N-methyl/N-ethyl adjacent to an activating group) is 1. The number of pyridine rings is 1. The first kappa shape index (κ1) is 25.3. The highest BCUT2D eigenvalue weighted by molar-refractivity contribution is 5.94. The molecule has 200 valence electrons. The number of amides is 1. The number of nitrogens with one attached hydrogen (secondary N) is 2. The van der Waals surface area contributed by atoms with E-state index in [0.29, 0.717) is 53.5 Å². The van der Waals surface area contributed by atoms with E-state index in [1.165, 1.54) is 6.33 Å². The Labute approximate surface area is 227 Å². The highest BCUT2D eigenvalue weighted by Gasteiger charge is 2.32. The SMILES string of the molecule is CN1CC(NC(=O)c2cc(F)ccc2F)CC(n2c(-c3ccccc3C#N)nc3cnc(-c4ncn[nH]4)cc32)C1. The van der Waals surface area contributed by atoms with Crippen LogP contribution in [0.1, 0.15) is 28.4 Å². The highest BCUT2D eigenvalue weighted by Crippen LogP contribution is 2.34. The smallest absolute Gasteiger partial charge is 0.254 e. The third kappa shape index (κ3) is 4.67. The van der Waals surface area contributed by atoms with Gasteiger partial charge in [0.25, 0.3) is 5.91 Å². The lowest BCUT2D eigenvalue weighted by atomic mass is 9.99. The van der Waals surface area contributed by atoms with E-state index in [1.54, 1.807) is 18.3 Å². The van der Waals surface area contributed by atoms with Crippen molar-refractivity contribution in [1.82, 2.24) is 39.9 Å². The average Bonchev–Trinajstić information content (AvgIpc) is 3.62. The monoisotopic (exact) mass is 539 g/mol. The van der Waals surface area contributed by atoms with Gasteiger partial charge in [0.2, 0.25) is 0 Å². The van der Waals surface area contributed by atoms with Crippen LogP contribution in [0.5, 0.6) is 0 Å². The summed E-state index contributed by atoms with van der Waals surface area (Å²) in [6, 6.07) is 13.6. The molecule has 2 N–H and O–H groups in total. The second-order valence-corrected chi connectivity index (χ2v) is 9.76. The van der Waals surface area contributed by atoms with Crippen molar-refractivity contribution < 1.29 is 13.6 Å². The van der Waals surface area contributed by atoms with Crippen LogP contribution in [0.3, 0.4) is 0 Å². The number of carbonyl (C=O) groups is 1. The van der Waals surface area contributed by atoms with Crippen LogP contribution >= 0.6 is 0 Å². The van der Waals surface area contributed by atoms with Gasteiger partial charge in [-0.25, -0.2) is 18.7 Å². The number of halogens is 2. The molecule has 0 bridgehead atoms. The van der Waals surface area contributed by atoms with Gasteiger partial charge in [-0.05, 0) is 49.9 Å². The first-order valence-electron chi connectivity index (χ1n) is 12.6. The molecule has 2 atom stereocenters. The number of carbonyl (C=O) groups excluding carboxylic acids is 1. The number of aromatic nitrogens is 6. The van der Waals surface area contributed by atoms with E-state index < -0.39 is 17.5 Å². The predicted molar refractivity (Wildman–Crippen MR) is 142 cm³/mol. The van der Waals surface area contributed by atoms with Gasteiger partial charge >= 0.3 is 0 Å². The Balaban J connectivity index is 1.43. The number of imidazole rings is 1. The number of nitriles is 1. The molecular weight excluding hydrogens is 516 g/mol. The highest BCUT2D eigenvalue weighted by atomic mass is 19.1. The zero-order valence-electron chi connectivity index (χ0n) is 21.3. The number of hydrogen-bond donors (Lipinski definition) is 2. The standard InChI is InChI=1S/C28H23F2N9O/c1-38-13-18(35-28(40)21-8-17(29)6-7-22(21)30)9-19(14-38)39-25-10-23(26-33-15-34-37-26)32-12-24(25)36-27(39)20-5-3-2-4-16(20)11-31/h2-8,10,12,15,18-19H,9,13-14H2,1H3,(H,35,40)(H,33,34,37). The van der Waals surface area contributed by atoms with E-state index in [1.807, 2.05) is 25.2 Å². The molecule has 5 aromatic rings. The number of aromatic amines is 1. The van der Waals surface area contributed by atoms with Crippen LogP contribution in [0.2, 0.25) is 0 Å². The molecule has 0 aliphatic carbocycles. The molecule has 2 unspecified atom stereocenters. The van der Waals surface area contributed by atoms with Crippen LogP contribution in [-0.4, -0.2) is 66.7 Å². The van der Waals surface area contributed by atoms with Gasteiger partial charge in [-0.1, -0.05) is 12.1 Å². The van der Waals surface area contributed by atoms with Gasteiger partial charge in [-0.2, -0.15) is 10.4 Å². The number of likely N-dealkylation sites (tertiary alicyclic amines) is 1. The first-order chi connectivity index (χ1) is 19.4. The lowest BCUT2D eigenvalue weighted by Gasteiger charge is -2.37. The summed E-state index contributed by atoms with van der Waals surface area (Å²) in [6.45, 7) is 1.13. The third-order valence-corrected chi connectivity index (χ3v) is 7.01. The molecule has 2 aromatic carbocycles. The van der Waals surface area contributed by atoms with E-state index in [-0.39, 0.29) is 17.6 Å². The number of nitrogens with zero attached hydrogens (tertiary/aromatic N) is 7. The number of rotatable bonds is 5. The molecule has 10 nitrogen and oxygen atoms in total. The van der Waals surface area contributed by atoms with E-state index >= 15 is 0 Å². The Bertz CT molecular complexity index is 1760. The van der Waals surface area contributed by atoms with Gasteiger partial charge < -0.3 is 14.8 Å². The van der Waals surface area contributed by atoms with Crippen molar-refractivity contribution in [3.63, 3.8) is 0 Å². The first-order valence-corrected chi connectivity index (χ1v) is 12.6. The fourth-order valence-corrected chi connectivity index (χ4v) is 5.31. The number of H-pyrrole nitrogens is 1. The maximum atomic E-state index is 14.3. The normalized spacial score (nSPS) is 17.6. The zero-order valence-corrected chi connectivity index (χ0v) is 21.3. The number of hydrogen-bond acceptors (Lipinski definition) is 7. The van der Waals surface area contributed by atoms with E-state index in [2.05, 4.69) is 41.0 Å². The minimum Gasteiger partial charge on any atom is -0.348 e. The number of fused-ring (bicyclic) bond motifs is 1. The summed E-state index contributed by atoms with van der Waals surface area (Å²) in [5.74, 6) is -1.07. The van der Waals surface area contributed by atoms with Crippen molar-refractivity contribution in [2.75, 3.05) is 20.1 Å². The summed E-state index contributed by atoms with van der Waals surface area (Å²) >= 11 is 0. The van der Waals surface area contributed by atoms with Gasteiger partial charge in [0.15, 0.2) is 5.82 Å². The summed E-state index contributed by atoms with van der Waals surface area (Å²) in [4.78, 5) is 28.6. The maximum absolute atomic E-state index is 14.3. The Kier molecular flexibility index (Phi) is 6.49. The van der Waals surface area contributed by atoms with Crippen molar-refractivity contribution in [2.24, 2.45) is 0 Å². The van der Waals surface area contributed by atoms with Gasteiger partial charge in [0, 0.05) is 24.7 Å². The average molecular weight is 540 g/mol. The van der Waals surface area contributed by atoms with Crippen LogP contribution in [0.15, 0.2) is 61.1 Å². The van der Waals surface area contributed by atoms with E-state index in [4.69, 9.17) is 4.98 Å². The topological polar surface area (TPSA) is 128 Å². The molecule has 1 saturated heterocycles. The molecule has 0 spiro atoms. The maximum Gasteiger partial charge on any atom is 0.254 e. The summed E-state index contributed by atoms with van der Waals surface area (Å²) < 4.78 is 30.1. The largest absolute Gasteiger partial charge is 0.348 e. The second-order valence-electron chi connectivity index (χ2n) is 9.76. The van der Waals surface area contributed by atoms with Crippen molar-refractivity contribution >= 4 is 16.9 Å². The van der Waals surface area contributed by atoms with Crippen LogP contribution in [0.25, 0.3) is 33.9 Å². The summed E-state index contributed by atoms with van der Waals surface area (Å²) in [6.07, 6.45) is 3.54. The van der Waals surface area contributed by atoms with Crippen molar-refractivity contribution in [1.29, 1.82) is 5.26 Å². The summed E-state index contributed by atoms with van der Waals surface area (Å²) in [7, 11) is 1.93. The van der Waals surface area contributed by atoms with E-state index in [9.17, 15) is 18.8 Å². The van der Waals surface area contributed by atoms with Gasteiger partial charge in [-0.15, -0.1) is 0 Å². The second kappa shape index (κ2) is 10.3. The predicted octanol–water partition coefficient (Wildman–Crippen LogP) is 3.71. The van der Waals surface area contributed by atoms with Gasteiger partial charge in [-0.3, -0.25) is 14.9 Å². The van der Waals surface area contributed by atoms with Crippen LogP contribution < -0.4 is 5.32 Å². The minimum atomic E-state index is -0.789. The van der Waals surface area contributed by atoms with Crippen molar-refractivity contribution in [2.45, 2.75) is 18.5 Å². The molecule has 1 amide bonds. The Morgan fingerprint density at radius 1 is 1.15 bits per heavy atom. The molecule has 40 heavy (non-hydrogen) atoms. The zero-order chi connectivity index (χ0) is 27.8. The molecule has 4 heterocycles. The van der Waals surface area contributed by atoms with Gasteiger partial charge in [0.05, 0.1) is 35.0 Å². The molecular formula is C28H23F2N9O. The molecule has 0 radical (unpaired) electrons. The Hall–Kier alpha value is -5.02. The van der Waals surface area contributed by atoms with Crippen LogP contribution in [0, 0.1) is 23.0 Å². The van der Waals surface area contributed by atoms with Crippen LogP contribution in [0.4, 0.5) is 8.78 Å². The van der Waals surface area contributed by atoms with Crippen molar-refractivity contribution in [3.05, 3.63) is 83.8 Å². The number of piperidine rings is 1. The molecule has 3 aromatic heterocycles. The Morgan fingerprint density at radius 2 is 2.00 bits per heavy atom. The molecule has 12 heteroatoms. The molecule has 1 fully saturated rings. The van der Waals surface area contributed by atoms with Crippen molar-refractivity contribution in [3.8, 4) is 29.0 Å².